The van der Waals surface area contributed by atoms with Crippen LogP contribution in [-0.4, -0.2) is 17.6 Å². The van der Waals surface area contributed by atoms with Crippen LogP contribution in [0.4, 0.5) is 10.1 Å². The summed E-state index contributed by atoms with van der Waals surface area (Å²) in [6.45, 7) is -0.259. The molecule has 0 aliphatic rings. The second kappa shape index (κ2) is 6.16. The van der Waals surface area contributed by atoms with Crippen molar-refractivity contribution < 1.29 is 14.3 Å². The first-order chi connectivity index (χ1) is 9.61. The standard InChI is InChI=1S/C15H15FN2O2/c16-11-6-7-13(17)12(8-11)15(20)18-14(9-19)10-4-2-1-3-5-10/h1-8,14,19H,9,17H2,(H,18,20)/t14-/m1/s1. The average Bonchev–Trinajstić information content (AvgIpc) is 2.48. The van der Waals surface area contributed by atoms with Crippen molar-refractivity contribution >= 4 is 11.6 Å². The molecule has 1 amide bonds. The summed E-state index contributed by atoms with van der Waals surface area (Å²) < 4.78 is 13.2. The molecule has 2 rings (SSSR count). The molecular formula is C15H15FN2O2. The number of carbonyl (C=O) groups excluding carboxylic acids is 1. The molecule has 0 radical (unpaired) electrons. The van der Waals surface area contributed by atoms with Gasteiger partial charge >= 0.3 is 0 Å². The van der Waals surface area contributed by atoms with Gasteiger partial charge in [0, 0.05) is 5.69 Å². The van der Waals surface area contributed by atoms with Gasteiger partial charge in [-0.1, -0.05) is 30.3 Å². The maximum Gasteiger partial charge on any atom is 0.254 e. The molecule has 2 aromatic carbocycles. The Bertz CT molecular complexity index is 602. The highest BCUT2D eigenvalue weighted by atomic mass is 19.1. The van der Waals surface area contributed by atoms with Crippen molar-refractivity contribution in [1.29, 1.82) is 0 Å². The van der Waals surface area contributed by atoms with Crippen LogP contribution in [0.25, 0.3) is 0 Å². The van der Waals surface area contributed by atoms with Crippen LogP contribution in [0, 0.1) is 5.82 Å². The van der Waals surface area contributed by atoms with E-state index in [9.17, 15) is 14.3 Å². The summed E-state index contributed by atoms with van der Waals surface area (Å²) in [7, 11) is 0. The Balaban J connectivity index is 2.20. The number of aliphatic hydroxyl groups excluding tert-OH is 1. The van der Waals surface area contributed by atoms with Crippen LogP contribution in [0.2, 0.25) is 0 Å². The van der Waals surface area contributed by atoms with Gasteiger partial charge in [0.2, 0.25) is 0 Å². The average molecular weight is 274 g/mol. The highest BCUT2D eigenvalue weighted by Gasteiger charge is 2.17. The van der Waals surface area contributed by atoms with E-state index in [4.69, 9.17) is 5.73 Å². The van der Waals surface area contributed by atoms with Gasteiger partial charge in [-0.05, 0) is 23.8 Å². The van der Waals surface area contributed by atoms with E-state index in [0.29, 0.717) is 0 Å². The van der Waals surface area contributed by atoms with Crippen LogP contribution in [0.5, 0.6) is 0 Å². The van der Waals surface area contributed by atoms with Gasteiger partial charge in [-0.15, -0.1) is 0 Å². The minimum atomic E-state index is -0.564. The molecule has 5 heteroatoms. The van der Waals surface area contributed by atoms with Crippen molar-refractivity contribution in [2.45, 2.75) is 6.04 Å². The molecule has 104 valence electrons. The molecule has 0 unspecified atom stereocenters. The van der Waals surface area contributed by atoms with Crippen molar-refractivity contribution in [3.8, 4) is 0 Å². The highest BCUT2D eigenvalue weighted by Crippen LogP contribution is 2.16. The third-order valence-electron chi connectivity index (χ3n) is 2.95. The summed E-state index contributed by atoms with van der Waals surface area (Å²) in [5, 5.41) is 12.0. The number of aliphatic hydroxyl groups is 1. The van der Waals surface area contributed by atoms with Crippen molar-refractivity contribution in [2.75, 3.05) is 12.3 Å². The normalized spacial score (nSPS) is 11.9. The van der Waals surface area contributed by atoms with Crippen LogP contribution < -0.4 is 11.1 Å². The summed E-state index contributed by atoms with van der Waals surface area (Å²) in [6, 6.07) is 12.1. The Morgan fingerprint density at radius 3 is 2.60 bits per heavy atom. The molecule has 2 aromatic rings. The zero-order valence-corrected chi connectivity index (χ0v) is 10.7. The first kappa shape index (κ1) is 14.0. The molecule has 0 aliphatic heterocycles. The quantitative estimate of drug-likeness (QED) is 0.745. The molecule has 0 spiro atoms. The van der Waals surface area contributed by atoms with Crippen molar-refractivity contribution in [2.24, 2.45) is 0 Å². The van der Waals surface area contributed by atoms with Crippen molar-refractivity contribution in [1.82, 2.24) is 5.32 Å². The summed E-state index contributed by atoms with van der Waals surface area (Å²) in [5.74, 6) is -1.06. The SMILES string of the molecule is Nc1ccc(F)cc1C(=O)N[C@H](CO)c1ccccc1. The van der Waals surface area contributed by atoms with Crippen LogP contribution in [0.15, 0.2) is 48.5 Å². The molecule has 20 heavy (non-hydrogen) atoms. The minimum Gasteiger partial charge on any atom is -0.398 e. The summed E-state index contributed by atoms with van der Waals surface area (Å²) >= 11 is 0. The van der Waals surface area contributed by atoms with E-state index in [1.165, 1.54) is 12.1 Å². The number of nitrogens with two attached hydrogens (primary N) is 1. The summed E-state index contributed by atoms with van der Waals surface area (Å²) in [4.78, 5) is 12.1. The molecule has 1 atom stereocenters. The predicted octanol–water partition coefficient (Wildman–Crippen LogP) is 1.87. The van der Waals surface area contributed by atoms with E-state index < -0.39 is 17.8 Å². The first-order valence-corrected chi connectivity index (χ1v) is 6.13. The fourth-order valence-electron chi connectivity index (χ4n) is 1.88. The Morgan fingerprint density at radius 1 is 1.25 bits per heavy atom. The molecule has 0 fully saturated rings. The topological polar surface area (TPSA) is 75.4 Å². The van der Waals surface area contributed by atoms with E-state index in [0.717, 1.165) is 11.6 Å². The van der Waals surface area contributed by atoms with Crippen molar-refractivity contribution in [3.05, 3.63) is 65.5 Å². The van der Waals surface area contributed by atoms with Gasteiger partial charge in [-0.25, -0.2) is 4.39 Å². The number of nitrogen functional groups attached to an aromatic ring is 1. The molecule has 4 nitrogen and oxygen atoms in total. The van der Waals surface area contributed by atoms with E-state index >= 15 is 0 Å². The Labute approximate surface area is 116 Å². The van der Waals surface area contributed by atoms with E-state index in [1.807, 2.05) is 6.07 Å². The molecule has 0 aromatic heterocycles. The lowest BCUT2D eigenvalue weighted by Crippen LogP contribution is -2.31. The molecule has 0 aliphatic carbocycles. The molecule has 0 saturated heterocycles. The number of anilines is 1. The van der Waals surface area contributed by atoms with Crippen LogP contribution in [0.3, 0.4) is 0 Å². The van der Waals surface area contributed by atoms with Gasteiger partial charge < -0.3 is 16.2 Å². The highest BCUT2D eigenvalue weighted by molar-refractivity contribution is 5.99. The van der Waals surface area contributed by atoms with Gasteiger partial charge in [0.05, 0.1) is 18.2 Å². The zero-order valence-electron chi connectivity index (χ0n) is 10.7. The number of amides is 1. The number of rotatable bonds is 4. The Kier molecular flexibility index (Phi) is 4.32. The smallest absolute Gasteiger partial charge is 0.254 e. The van der Waals surface area contributed by atoms with Gasteiger partial charge in [-0.2, -0.15) is 0 Å². The fourth-order valence-corrected chi connectivity index (χ4v) is 1.88. The summed E-state index contributed by atoms with van der Waals surface area (Å²) in [6.07, 6.45) is 0. The third kappa shape index (κ3) is 3.13. The Morgan fingerprint density at radius 2 is 1.95 bits per heavy atom. The van der Waals surface area contributed by atoms with Gasteiger partial charge in [0.25, 0.3) is 5.91 Å². The second-order valence-electron chi connectivity index (χ2n) is 4.35. The predicted molar refractivity (Wildman–Crippen MR) is 74.5 cm³/mol. The molecule has 0 saturated carbocycles. The van der Waals surface area contributed by atoms with Crippen LogP contribution >= 0.6 is 0 Å². The second-order valence-corrected chi connectivity index (χ2v) is 4.35. The lowest BCUT2D eigenvalue weighted by Gasteiger charge is -2.17. The van der Waals surface area contributed by atoms with Crippen molar-refractivity contribution in [3.63, 3.8) is 0 Å². The molecule has 0 heterocycles. The van der Waals surface area contributed by atoms with Gasteiger partial charge in [0.15, 0.2) is 0 Å². The summed E-state index contributed by atoms with van der Waals surface area (Å²) in [5.41, 5.74) is 6.66. The van der Waals surface area contributed by atoms with Crippen LogP contribution in [0.1, 0.15) is 22.0 Å². The molecule has 4 N–H and O–H groups in total. The van der Waals surface area contributed by atoms with E-state index in [2.05, 4.69) is 5.32 Å². The van der Waals surface area contributed by atoms with Gasteiger partial charge in [-0.3, -0.25) is 4.79 Å². The zero-order chi connectivity index (χ0) is 14.5. The fraction of sp³-hybridized carbons (Fsp3) is 0.133. The molecular weight excluding hydrogens is 259 g/mol. The number of hydrogen-bond donors (Lipinski definition) is 3. The monoisotopic (exact) mass is 274 g/mol. The Hall–Kier alpha value is -2.40. The maximum absolute atomic E-state index is 13.2. The molecule has 0 bridgehead atoms. The number of benzene rings is 2. The minimum absolute atomic E-state index is 0.0550. The van der Waals surface area contributed by atoms with Gasteiger partial charge in [0.1, 0.15) is 5.82 Å². The van der Waals surface area contributed by atoms with Crippen LogP contribution in [-0.2, 0) is 0 Å². The van der Waals surface area contributed by atoms with E-state index in [1.54, 1.807) is 24.3 Å². The first-order valence-electron chi connectivity index (χ1n) is 6.13. The number of halogens is 1. The number of carbonyl (C=O) groups is 1. The lowest BCUT2D eigenvalue weighted by molar-refractivity contribution is 0.0916. The number of hydrogen-bond acceptors (Lipinski definition) is 3. The maximum atomic E-state index is 13.2. The third-order valence-corrected chi connectivity index (χ3v) is 2.95. The largest absolute Gasteiger partial charge is 0.398 e. The van der Waals surface area contributed by atoms with E-state index in [-0.39, 0.29) is 17.9 Å². The number of nitrogens with one attached hydrogen (secondary N) is 1. The lowest BCUT2D eigenvalue weighted by atomic mass is 10.1.